The van der Waals surface area contributed by atoms with E-state index in [2.05, 4.69) is 17.6 Å². The van der Waals surface area contributed by atoms with Crippen molar-refractivity contribution in [3.05, 3.63) is 101 Å². The van der Waals surface area contributed by atoms with Gasteiger partial charge in [-0.3, -0.25) is 9.59 Å². The van der Waals surface area contributed by atoms with Crippen molar-refractivity contribution in [1.29, 1.82) is 0 Å². The summed E-state index contributed by atoms with van der Waals surface area (Å²) >= 11 is 0. The van der Waals surface area contributed by atoms with Crippen LogP contribution in [-0.2, 0) is 22.4 Å². The number of hydrogen-bond acceptors (Lipinski definition) is 4. The van der Waals surface area contributed by atoms with Crippen molar-refractivity contribution in [2.75, 3.05) is 11.9 Å². The van der Waals surface area contributed by atoms with Crippen molar-refractivity contribution in [3.63, 3.8) is 0 Å². The van der Waals surface area contributed by atoms with Gasteiger partial charge in [-0.15, -0.1) is 0 Å². The molecule has 0 spiro atoms. The van der Waals surface area contributed by atoms with E-state index < -0.39 is 6.04 Å². The molecule has 6 nitrogen and oxygen atoms in total. The van der Waals surface area contributed by atoms with E-state index in [1.165, 1.54) is 0 Å². The Labute approximate surface area is 206 Å². The maximum absolute atomic E-state index is 13.2. The van der Waals surface area contributed by atoms with Gasteiger partial charge in [0.1, 0.15) is 6.04 Å². The first kappa shape index (κ1) is 25.7. The highest BCUT2D eigenvalue weighted by Gasteiger charge is 2.22. The Morgan fingerprint density at radius 2 is 1.46 bits per heavy atom. The molecule has 2 amide bonds. The molecule has 0 aromatic heterocycles. The first-order chi connectivity index (χ1) is 17.0. The molecule has 0 bridgehead atoms. The van der Waals surface area contributed by atoms with Crippen LogP contribution in [-0.4, -0.2) is 30.4 Å². The molecule has 0 aliphatic rings. The van der Waals surface area contributed by atoms with Gasteiger partial charge in [0.05, 0.1) is 12.2 Å². The van der Waals surface area contributed by atoms with Crippen LogP contribution in [0.3, 0.4) is 0 Å². The largest absolute Gasteiger partial charge is 0.462 e. The molecule has 2 N–H and O–H groups in total. The number of aryl methyl sites for hydroxylation is 1. The van der Waals surface area contributed by atoms with Crippen molar-refractivity contribution in [2.24, 2.45) is 0 Å². The average molecular weight is 473 g/mol. The Kier molecular flexibility index (Phi) is 9.60. The van der Waals surface area contributed by atoms with Crippen molar-refractivity contribution in [3.8, 4) is 0 Å². The van der Waals surface area contributed by atoms with E-state index in [9.17, 15) is 14.4 Å². The fraction of sp³-hybridized carbons (Fsp3) is 0.276. The van der Waals surface area contributed by atoms with E-state index in [1.807, 2.05) is 49.4 Å². The lowest BCUT2D eigenvalue weighted by atomic mass is 10.0. The Morgan fingerprint density at radius 3 is 2.09 bits per heavy atom. The van der Waals surface area contributed by atoms with Crippen molar-refractivity contribution in [1.82, 2.24) is 5.32 Å². The van der Waals surface area contributed by atoms with Crippen LogP contribution in [0.4, 0.5) is 5.69 Å². The zero-order valence-electron chi connectivity index (χ0n) is 20.3. The molecule has 0 saturated carbocycles. The monoisotopic (exact) mass is 472 g/mol. The highest BCUT2D eigenvalue weighted by atomic mass is 16.5. The van der Waals surface area contributed by atoms with Gasteiger partial charge in [0.15, 0.2) is 0 Å². The first-order valence-electron chi connectivity index (χ1n) is 12.0. The van der Waals surface area contributed by atoms with Gasteiger partial charge >= 0.3 is 5.97 Å². The van der Waals surface area contributed by atoms with Crippen LogP contribution in [0.2, 0.25) is 0 Å². The summed E-state index contributed by atoms with van der Waals surface area (Å²) in [4.78, 5) is 38.2. The number of carbonyl (C=O) groups is 3. The summed E-state index contributed by atoms with van der Waals surface area (Å²) in [6.45, 7) is 4.47. The molecule has 1 unspecified atom stereocenters. The zero-order chi connectivity index (χ0) is 25.0. The lowest BCUT2D eigenvalue weighted by molar-refractivity contribution is -0.118. The third-order valence-electron chi connectivity index (χ3n) is 5.65. The number of esters is 1. The van der Waals surface area contributed by atoms with Gasteiger partial charge in [-0.25, -0.2) is 4.79 Å². The van der Waals surface area contributed by atoms with Crippen LogP contribution < -0.4 is 10.6 Å². The van der Waals surface area contributed by atoms with Crippen LogP contribution in [0.5, 0.6) is 0 Å². The zero-order valence-corrected chi connectivity index (χ0v) is 20.3. The molecule has 0 saturated heterocycles. The number of rotatable bonds is 11. The van der Waals surface area contributed by atoms with E-state index >= 15 is 0 Å². The van der Waals surface area contributed by atoms with Crippen molar-refractivity contribution < 1.29 is 19.1 Å². The molecule has 35 heavy (non-hydrogen) atoms. The third kappa shape index (κ3) is 7.81. The minimum absolute atomic E-state index is 0.311. The number of anilines is 1. The Morgan fingerprint density at radius 1 is 0.800 bits per heavy atom. The minimum atomic E-state index is -0.783. The fourth-order valence-electron chi connectivity index (χ4n) is 3.50. The lowest BCUT2D eigenvalue weighted by Crippen LogP contribution is -2.45. The van der Waals surface area contributed by atoms with Crippen molar-refractivity contribution in [2.45, 2.75) is 45.6 Å². The predicted octanol–water partition coefficient (Wildman–Crippen LogP) is 5.19. The SMILES string of the molecule is CCCCOC(=O)c1ccc(NC(=O)C(Cc2ccccc2)NC(=O)c2ccc(CC)cc2)cc1. The number of unbranched alkanes of at least 4 members (excludes halogenated alkanes) is 1. The van der Waals surface area contributed by atoms with Gasteiger partial charge in [0.25, 0.3) is 5.91 Å². The molecule has 6 heteroatoms. The standard InChI is InChI=1S/C29H32N2O4/c1-3-5-19-35-29(34)24-15-17-25(18-16-24)30-28(33)26(20-22-9-7-6-8-10-22)31-27(32)23-13-11-21(4-2)12-14-23/h6-18,26H,3-5,19-20H2,1-2H3,(H,30,33)(H,31,32). The molecular formula is C29H32N2O4. The Bertz CT molecular complexity index is 1110. The number of benzene rings is 3. The Hall–Kier alpha value is -3.93. The Balaban J connectivity index is 1.70. The summed E-state index contributed by atoms with van der Waals surface area (Å²) in [6.07, 6.45) is 2.99. The third-order valence-corrected chi connectivity index (χ3v) is 5.65. The van der Waals surface area contributed by atoms with E-state index in [-0.39, 0.29) is 17.8 Å². The highest BCUT2D eigenvalue weighted by molar-refractivity contribution is 6.01. The van der Waals surface area contributed by atoms with Gasteiger partial charge in [0, 0.05) is 17.7 Å². The number of ether oxygens (including phenoxy) is 1. The smallest absolute Gasteiger partial charge is 0.338 e. The van der Waals surface area contributed by atoms with Crippen molar-refractivity contribution >= 4 is 23.5 Å². The van der Waals surface area contributed by atoms with Crippen LogP contribution in [0.15, 0.2) is 78.9 Å². The number of hydrogen-bond donors (Lipinski definition) is 2. The molecule has 0 aliphatic carbocycles. The van der Waals surface area contributed by atoms with Gasteiger partial charge in [-0.1, -0.05) is 62.7 Å². The van der Waals surface area contributed by atoms with Crippen LogP contribution >= 0.6 is 0 Å². The summed E-state index contributed by atoms with van der Waals surface area (Å²) in [7, 11) is 0. The van der Waals surface area contributed by atoms with Gasteiger partial charge in [-0.05, 0) is 60.4 Å². The number of carbonyl (C=O) groups excluding carboxylic acids is 3. The molecule has 0 fully saturated rings. The summed E-state index contributed by atoms with van der Waals surface area (Å²) in [5.41, 5.74) is 3.51. The molecule has 0 aliphatic heterocycles. The fourth-order valence-corrected chi connectivity index (χ4v) is 3.50. The second kappa shape index (κ2) is 13.1. The van der Waals surface area contributed by atoms with E-state index in [4.69, 9.17) is 4.74 Å². The molecule has 0 heterocycles. The minimum Gasteiger partial charge on any atom is -0.462 e. The molecule has 3 rings (SSSR count). The van der Waals surface area contributed by atoms with E-state index in [0.717, 1.165) is 30.4 Å². The second-order valence-corrected chi connectivity index (χ2v) is 8.32. The molecule has 0 radical (unpaired) electrons. The summed E-state index contributed by atoms with van der Waals surface area (Å²) in [5.74, 6) is -1.04. The van der Waals surface area contributed by atoms with Gasteiger partial charge in [-0.2, -0.15) is 0 Å². The van der Waals surface area contributed by atoms with E-state index in [1.54, 1.807) is 36.4 Å². The topological polar surface area (TPSA) is 84.5 Å². The summed E-state index contributed by atoms with van der Waals surface area (Å²) < 4.78 is 5.22. The molecule has 1 atom stereocenters. The van der Waals surface area contributed by atoms with Gasteiger partial charge in [0.2, 0.25) is 5.91 Å². The summed E-state index contributed by atoms with van der Waals surface area (Å²) in [6, 6.07) is 22.6. The maximum Gasteiger partial charge on any atom is 0.338 e. The molecule has 3 aromatic carbocycles. The average Bonchev–Trinajstić information content (AvgIpc) is 2.89. The first-order valence-corrected chi connectivity index (χ1v) is 12.0. The molecular weight excluding hydrogens is 440 g/mol. The van der Waals surface area contributed by atoms with Crippen LogP contribution in [0.25, 0.3) is 0 Å². The van der Waals surface area contributed by atoms with E-state index in [0.29, 0.717) is 29.8 Å². The normalized spacial score (nSPS) is 11.4. The quantitative estimate of drug-likeness (QED) is 0.297. The van der Waals surface area contributed by atoms with Gasteiger partial charge < -0.3 is 15.4 Å². The second-order valence-electron chi connectivity index (χ2n) is 8.32. The molecule has 182 valence electrons. The molecule has 3 aromatic rings. The lowest BCUT2D eigenvalue weighted by Gasteiger charge is -2.19. The number of nitrogens with one attached hydrogen (secondary N) is 2. The predicted molar refractivity (Wildman–Crippen MR) is 137 cm³/mol. The number of amides is 2. The maximum atomic E-state index is 13.2. The van der Waals surface area contributed by atoms with Crippen LogP contribution in [0, 0.1) is 0 Å². The highest BCUT2D eigenvalue weighted by Crippen LogP contribution is 2.13. The van der Waals surface area contributed by atoms with Crippen LogP contribution in [0.1, 0.15) is 58.5 Å². The summed E-state index contributed by atoms with van der Waals surface area (Å²) in [5, 5.41) is 5.72.